The van der Waals surface area contributed by atoms with Crippen LogP contribution in [0.3, 0.4) is 0 Å². The molecule has 2 aromatic carbocycles. The fraction of sp³-hybridized carbons (Fsp3) is 0.250. The van der Waals surface area contributed by atoms with Gasteiger partial charge < -0.3 is 14.8 Å². The molecule has 0 aliphatic carbocycles. The summed E-state index contributed by atoms with van der Waals surface area (Å²) >= 11 is 1.52. The topological polar surface area (TPSA) is 81.7 Å². The monoisotopic (exact) mass is 387 g/mol. The van der Waals surface area contributed by atoms with Crippen LogP contribution in [0.1, 0.15) is 34.6 Å². The quantitative estimate of drug-likeness (QED) is 0.548. The van der Waals surface area contributed by atoms with E-state index in [9.17, 15) is 14.4 Å². The van der Waals surface area contributed by atoms with Crippen LogP contribution >= 0.6 is 11.8 Å². The van der Waals surface area contributed by atoms with E-state index in [4.69, 9.17) is 9.47 Å². The average molecular weight is 387 g/mol. The summed E-state index contributed by atoms with van der Waals surface area (Å²) in [6.45, 7) is 3.46. The number of hydrogen-bond donors (Lipinski definition) is 1. The summed E-state index contributed by atoms with van der Waals surface area (Å²) in [5.41, 5.74) is 0.965. The maximum Gasteiger partial charge on any atom is 0.340 e. The highest BCUT2D eigenvalue weighted by molar-refractivity contribution is 7.99. The molecule has 1 N–H and O–H groups in total. The van der Waals surface area contributed by atoms with Crippen molar-refractivity contribution in [3.05, 3.63) is 59.7 Å². The van der Waals surface area contributed by atoms with Gasteiger partial charge in [-0.15, -0.1) is 11.8 Å². The van der Waals surface area contributed by atoms with Crippen molar-refractivity contribution in [3.63, 3.8) is 0 Å². The molecule has 1 amide bonds. The molecule has 2 rings (SSSR count). The van der Waals surface area contributed by atoms with Crippen LogP contribution in [0.5, 0.6) is 0 Å². The van der Waals surface area contributed by atoms with Crippen LogP contribution in [0.25, 0.3) is 0 Å². The largest absolute Gasteiger partial charge is 0.462 e. The Balaban J connectivity index is 1.99. The van der Waals surface area contributed by atoms with Crippen molar-refractivity contribution in [2.75, 3.05) is 24.3 Å². The van der Waals surface area contributed by atoms with Crippen LogP contribution in [0.2, 0.25) is 0 Å². The smallest absolute Gasteiger partial charge is 0.340 e. The molecular formula is C20H21NO5S. The number of hydrogen-bond acceptors (Lipinski definition) is 6. The lowest BCUT2D eigenvalue weighted by Gasteiger charge is -2.11. The van der Waals surface area contributed by atoms with Crippen molar-refractivity contribution in [3.8, 4) is 0 Å². The highest BCUT2D eigenvalue weighted by atomic mass is 32.2. The van der Waals surface area contributed by atoms with Crippen molar-refractivity contribution in [2.24, 2.45) is 0 Å². The molecular weight excluding hydrogens is 366 g/mol. The van der Waals surface area contributed by atoms with E-state index in [2.05, 4.69) is 5.32 Å². The van der Waals surface area contributed by atoms with Gasteiger partial charge in [0.25, 0.3) is 5.91 Å². The van der Waals surface area contributed by atoms with E-state index in [1.165, 1.54) is 11.8 Å². The second-order valence-corrected chi connectivity index (χ2v) is 6.63. The van der Waals surface area contributed by atoms with Crippen LogP contribution in [0, 0.1) is 0 Å². The summed E-state index contributed by atoms with van der Waals surface area (Å²) in [6, 6.07) is 13.6. The van der Waals surface area contributed by atoms with Gasteiger partial charge in [-0.1, -0.05) is 31.2 Å². The molecule has 27 heavy (non-hydrogen) atoms. The Hall–Kier alpha value is -2.80. The van der Waals surface area contributed by atoms with E-state index in [-0.39, 0.29) is 12.2 Å². The lowest BCUT2D eigenvalue weighted by atomic mass is 10.2. The van der Waals surface area contributed by atoms with Crippen LogP contribution < -0.4 is 5.32 Å². The number of thioether (sulfide) groups is 1. The average Bonchev–Trinajstić information content (AvgIpc) is 2.67. The van der Waals surface area contributed by atoms with Crippen molar-refractivity contribution >= 4 is 35.3 Å². The molecule has 0 aliphatic heterocycles. The summed E-state index contributed by atoms with van der Waals surface area (Å²) in [6.07, 6.45) is 0. The van der Waals surface area contributed by atoms with Crippen LogP contribution in [-0.4, -0.2) is 36.8 Å². The Labute approximate surface area is 162 Å². The van der Waals surface area contributed by atoms with E-state index in [0.717, 1.165) is 10.6 Å². The van der Waals surface area contributed by atoms with Crippen molar-refractivity contribution in [2.45, 2.75) is 18.7 Å². The molecule has 0 saturated carbocycles. The molecule has 0 saturated heterocycles. The van der Waals surface area contributed by atoms with Crippen LogP contribution in [0.4, 0.5) is 5.69 Å². The Bertz CT molecular complexity index is 822. The fourth-order valence-electron chi connectivity index (χ4n) is 2.29. The first-order valence-corrected chi connectivity index (χ1v) is 9.50. The molecule has 0 heterocycles. The molecule has 0 bridgehead atoms. The summed E-state index contributed by atoms with van der Waals surface area (Å²) in [4.78, 5) is 37.2. The summed E-state index contributed by atoms with van der Waals surface area (Å²) < 4.78 is 10.1. The number of esters is 2. The molecule has 0 radical (unpaired) electrons. The second-order valence-electron chi connectivity index (χ2n) is 5.32. The number of ether oxygens (including phenoxy) is 2. The highest BCUT2D eigenvalue weighted by Crippen LogP contribution is 2.23. The van der Waals surface area contributed by atoms with Crippen molar-refractivity contribution in [1.82, 2.24) is 0 Å². The van der Waals surface area contributed by atoms with E-state index in [1.807, 2.05) is 19.1 Å². The zero-order valence-corrected chi connectivity index (χ0v) is 16.0. The normalized spacial score (nSPS) is 10.1. The lowest BCUT2D eigenvalue weighted by molar-refractivity contribution is -0.119. The minimum atomic E-state index is -0.569. The van der Waals surface area contributed by atoms with Crippen molar-refractivity contribution in [1.29, 1.82) is 0 Å². The summed E-state index contributed by atoms with van der Waals surface area (Å²) in [5.74, 6) is -0.827. The van der Waals surface area contributed by atoms with Gasteiger partial charge in [0, 0.05) is 4.90 Å². The van der Waals surface area contributed by atoms with E-state index in [0.29, 0.717) is 11.3 Å². The molecule has 0 spiro atoms. The summed E-state index contributed by atoms with van der Waals surface area (Å²) in [7, 11) is 0. The van der Waals surface area contributed by atoms with Gasteiger partial charge in [0.2, 0.25) is 0 Å². The second kappa shape index (κ2) is 10.4. The molecule has 0 fully saturated rings. The number of carbonyl (C=O) groups excluding carboxylic acids is 3. The maximum atomic E-state index is 12.3. The molecule has 0 aliphatic rings. The Morgan fingerprint density at radius 2 is 1.52 bits per heavy atom. The first kappa shape index (κ1) is 20.5. The van der Waals surface area contributed by atoms with Crippen LogP contribution in [-0.2, 0) is 14.3 Å². The number of rotatable bonds is 8. The predicted molar refractivity (Wildman–Crippen MR) is 104 cm³/mol. The molecule has 6 nitrogen and oxygen atoms in total. The number of para-hydroxylation sites is 1. The van der Waals surface area contributed by atoms with Crippen LogP contribution in [0.15, 0.2) is 53.4 Å². The number of anilines is 1. The molecule has 2 aromatic rings. The number of amides is 1. The zero-order valence-electron chi connectivity index (χ0n) is 15.2. The minimum Gasteiger partial charge on any atom is -0.462 e. The van der Waals surface area contributed by atoms with Crippen molar-refractivity contribution < 1.29 is 23.9 Å². The van der Waals surface area contributed by atoms with Gasteiger partial charge in [0.15, 0.2) is 6.61 Å². The van der Waals surface area contributed by atoms with Gasteiger partial charge in [-0.05, 0) is 36.9 Å². The van der Waals surface area contributed by atoms with Gasteiger partial charge in [-0.25, -0.2) is 9.59 Å². The molecule has 0 atom stereocenters. The SMILES string of the molecule is CCOC(=O)c1ccccc1NC(=O)COC(=O)c1ccccc1SCC. The number of carbonyl (C=O) groups is 3. The Morgan fingerprint density at radius 3 is 2.22 bits per heavy atom. The first-order chi connectivity index (χ1) is 13.1. The van der Waals surface area contributed by atoms with Gasteiger partial charge >= 0.3 is 11.9 Å². The van der Waals surface area contributed by atoms with Gasteiger partial charge in [0.1, 0.15) is 0 Å². The minimum absolute atomic E-state index is 0.230. The maximum absolute atomic E-state index is 12.3. The zero-order chi connectivity index (χ0) is 19.6. The molecule has 7 heteroatoms. The van der Waals surface area contributed by atoms with E-state index >= 15 is 0 Å². The predicted octanol–water partition coefficient (Wildman–Crippen LogP) is 3.77. The number of benzene rings is 2. The highest BCUT2D eigenvalue weighted by Gasteiger charge is 2.17. The molecule has 0 aromatic heterocycles. The summed E-state index contributed by atoms with van der Waals surface area (Å²) in [5, 5.41) is 2.57. The Kier molecular flexibility index (Phi) is 7.88. The standard InChI is InChI=1S/C20H21NO5S/c1-3-25-19(23)14-9-5-7-11-16(14)21-18(22)13-26-20(24)15-10-6-8-12-17(15)27-4-2/h5-12H,3-4,13H2,1-2H3,(H,21,22). The van der Waals surface area contributed by atoms with E-state index in [1.54, 1.807) is 43.3 Å². The van der Waals surface area contributed by atoms with Gasteiger partial charge in [-0.2, -0.15) is 0 Å². The van der Waals surface area contributed by atoms with Gasteiger partial charge in [0.05, 0.1) is 23.4 Å². The molecule has 0 unspecified atom stereocenters. The first-order valence-electron chi connectivity index (χ1n) is 8.51. The fourth-order valence-corrected chi connectivity index (χ4v) is 3.08. The third kappa shape index (κ3) is 5.86. The third-order valence-electron chi connectivity index (χ3n) is 3.44. The Morgan fingerprint density at radius 1 is 0.889 bits per heavy atom. The number of nitrogens with one attached hydrogen (secondary N) is 1. The lowest BCUT2D eigenvalue weighted by Crippen LogP contribution is -2.22. The van der Waals surface area contributed by atoms with E-state index < -0.39 is 24.5 Å². The van der Waals surface area contributed by atoms with Gasteiger partial charge in [-0.3, -0.25) is 4.79 Å². The third-order valence-corrected chi connectivity index (χ3v) is 4.39. The molecule has 142 valence electrons.